The smallest absolute Gasteiger partial charge is 0.258 e. The Labute approximate surface area is 181 Å². The summed E-state index contributed by atoms with van der Waals surface area (Å²) in [5.41, 5.74) is 4.75. The van der Waals surface area contributed by atoms with Crippen LogP contribution in [-0.2, 0) is 12.8 Å². The molecule has 160 valence electrons. The summed E-state index contributed by atoms with van der Waals surface area (Å²) in [5.74, 6) is 1.24. The molecule has 0 amide bonds. The van der Waals surface area contributed by atoms with E-state index in [-0.39, 0.29) is 0 Å². The Morgan fingerprint density at radius 1 is 0.600 bits per heavy atom. The molecule has 1 aromatic heterocycles. The monoisotopic (exact) mass is 404 g/mol. The highest BCUT2D eigenvalue weighted by atomic mass is 16.5. The number of hydrogen-bond donors (Lipinski definition) is 0. The lowest BCUT2D eigenvalue weighted by Crippen LogP contribution is -1.88. The van der Waals surface area contributed by atoms with Gasteiger partial charge in [0, 0.05) is 11.1 Å². The first-order chi connectivity index (χ1) is 14.8. The molecular weight excluding hydrogens is 368 g/mol. The van der Waals surface area contributed by atoms with E-state index < -0.39 is 0 Å². The topological polar surface area (TPSA) is 38.9 Å². The van der Waals surface area contributed by atoms with Crippen molar-refractivity contribution in [3.63, 3.8) is 0 Å². The van der Waals surface area contributed by atoms with E-state index in [0.717, 1.165) is 24.0 Å². The molecule has 0 fully saturated rings. The van der Waals surface area contributed by atoms with E-state index >= 15 is 0 Å². The molecule has 0 aliphatic carbocycles. The van der Waals surface area contributed by atoms with E-state index in [1.807, 2.05) is 0 Å². The van der Waals surface area contributed by atoms with Crippen molar-refractivity contribution >= 4 is 0 Å². The van der Waals surface area contributed by atoms with Crippen LogP contribution in [0, 0.1) is 0 Å². The number of benzene rings is 2. The molecule has 3 nitrogen and oxygen atoms in total. The number of unbranched alkanes of at least 4 members (excludes halogenated alkanes) is 7. The highest BCUT2D eigenvalue weighted by molar-refractivity contribution is 5.60. The lowest BCUT2D eigenvalue weighted by molar-refractivity contribution is 0.432. The van der Waals surface area contributed by atoms with Crippen molar-refractivity contribution in [2.45, 2.75) is 84.5 Å². The van der Waals surface area contributed by atoms with Gasteiger partial charge in [0.15, 0.2) is 0 Å². The van der Waals surface area contributed by atoms with Gasteiger partial charge < -0.3 is 4.52 Å². The largest absolute Gasteiger partial charge is 0.334 e. The second-order valence-electron chi connectivity index (χ2n) is 8.29. The van der Waals surface area contributed by atoms with Gasteiger partial charge in [-0.3, -0.25) is 0 Å². The zero-order valence-electron chi connectivity index (χ0n) is 18.7. The molecule has 3 rings (SSSR count). The molecule has 2 aromatic carbocycles. The van der Waals surface area contributed by atoms with Gasteiger partial charge >= 0.3 is 0 Å². The molecule has 0 atom stereocenters. The van der Waals surface area contributed by atoms with Gasteiger partial charge in [-0.2, -0.15) is 4.98 Å². The average molecular weight is 405 g/mol. The van der Waals surface area contributed by atoms with Crippen molar-refractivity contribution in [1.29, 1.82) is 0 Å². The summed E-state index contributed by atoms with van der Waals surface area (Å²) in [6.07, 6.45) is 14.0. The summed E-state index contributed by atoms with van der Waals surface area (Å²) in [6.45, 7) is 4.50. The van der Waals surface area contributed by atoms with Crippen molar-refractivity contribution < 1.29 is 4.52 Å². The minimum atomic E-state index is 0.586. The fourth-order valence-electron chi connectivity index (χ4n) is 3.78. The predicted octanol–water partition coefficient (Wildman–Crippen LogP) is 8.04. The van der Waals surface area contributed by atoms with Crippen LogP contribution in [0.4, 0.5) is 0 Å². The Hall–Kier alpha value is -2.42. The van der Waals surface area contributed by atoms with Crippen LogP contribution in [-0.4, -0.2) is 10.1 Å². The summed E-state index contributed by atoms with van der Waals surface area (Å²) in [6, 6.07) is 17.1. The summed E-state index contributed by atoms with van der Waals surface area (Å²) in [4.78, 5) is 4.61. The Kier molecular flexibility index (Phi) is 9.14. The molecule has 0 bridgehead atoms. The summed E-state index contributed by atoms with van der Waals surface area (Å²) in [7, 11) is 0. The third-order valence-electron chi connectivity index (χ3n) is 5.73. The molecule has 0 radical (unpaired) electrons. The molecule has 30 heavy (non-hydrogen) atoms. The first-order valence-electron chi connectivity index (χ1n) is 11.8. The SMILES string of the molecule is CCCCCCCc1ccc(-c2noc(-c3ccc(CCCCCC)cc3)n2)cc1. The predicted molar refractivity (Wildman–Crippen MR) is 125 cm³/mol. The minimum Gasteiger partial charge on any atom is -0.334 e. The van der Waals surface area contributed by atoms with Gasteiger partial charge in [0.25, 0.3) is 5.89 Å². The van der Waals surface area contributed by atoms with Crippen LogP contribution in [0.25, 0.3) is 22.8 Å². The van der Waals surface area contributed by atoms with Crippen molar-refractivity contribution in [2.24, 2.45) is 0 Å². The first-order valence-corrected chi connectivity index (χ1v) is 11.8. The number of aryl methyl sites for hydroxylation is 2. The van der Waals surface area contributed by atoms with E-state index in [9.17, 15) is 0 Å². The summed E-state index contributed by atoms with van der Waals surface area (Å²) < 4.78 is 5.53. The highest BCUT2D eigenvalue weighted by Gasteiger charge is 2.10. The Bertz CT molecular complexity index is 849. The molecule has 1 heterocycles. The summed E-state index contributed by atoms with van der Waals surface area (Å²) >= 11 is 0. The van der Waals surface area contributed by atoms with Crippen molar-refractivity contribution in [3.05, 3.63) is 59.7 Å². The van der Waals surface area contributed by atoms with Gasteiger partial charge in [-0.05, 0) is 48.9 Å². The van der Waals surface area contributed by atoms with E-state index in [1.165, 1.54) is 68.9 Å². The van der Waals surface area contributed by atoms with Gasteiger partial charge in [0.05, 0.1) is 0 Å². The molecule has 3 aromatic rings. The standard InChI is InChI=1S/C27H36N2O/c1-3-5-7-9-11-13-22-14-18-24(19-15-22)26-28-27(30-29-26)25-20-16-23(17-21-25)12-10-8-6-4-2/h14-21H,3-13H2,1-2H3. The number of nitrogens with zero attached hydrogens (tertiary/aromatic N) is 2. The second-order valence-corrected chi connectivity index (χ2v) is 8.29. The molecule has 0 spiro atoms. The third kappa shape index (κ3) is 6.83. The molecule has 0 unspecified atom stereocenters. The minimum absolute atomic E-state index is 0.586. The Morgan fingerprint density at radius 3 is 1.67 bits per heavy atom. The van der Waals surface area contributed by atoms with Gasteiger partial charge in [0.1, 0.15) is 0 Å². The molecule has 0 saturated carbocycles. The van der Waals surface area contributed by atoms with Crippen molar-refractivity contribution in [2.75, 3.05) is 0 Å². The normalized spacial score (nSPS) is 11.1. The van der Waals surface area contributed by atoms with E-state index in [4.69, 9.17) is 4.52 Å². The average Bonchev–Trinajstić information content (AvgIpc) is 3.28. The molecular formula is C27H36N2O. The van der Waals surface area contributed by atoms with Crippen LogP contribution < -0.4 is 0 Å². The quantitative estimate of drug-likeness (QED) is 0.271. The number of hydrogen-bond acceptors (Lipinski definition) is 3. The molecule has 3 heteroatoms. The lowest BCUT2D eigenvalue weighted by Gasteiger charge is -2.02. The van der Waals surface area contributed by atoms with Crippen molar-refractivity contribution in [3.8, 4) is 22.8 Å². The molecule has 0 saturated heterocycles. The van der Waals surface area contributed by atoms with Gasteiger partial charge in [-0.1, -0.05) is 100 Å². The van der Waals surface area contributed by atoms with Crippen LogP contribution in [0.2, 0.25) is 0 Å². The maximum absolute atomic E-state index is 5.53. The lowest BCUT2D eigenvalue weighted by atomic mass is 10.0. The molecule has 0 aliphatic rings. The Balaban J connectivity index is 1.54. The van der Waals surface area contributed by atoms with Gasteiger partial charge in [-0.25, -0.2) is 0 Å². The fourth-order valence-corrected chi connectivity index (χ4v) is 3.78. The van der Waals surface area contributed by atoms with E-state index in [1.54, 1.807) is 0 Å². The number of rotatable bonds is 13. The summed E-state index contributed by atoms with van der Waals surface area (Å²) in [5, 5.41) is 4.19. The second kappa shape index (κ2) is 12.3. The van der Waals surface area contributed by atoms with E-state index in [0.29, 0.717) is 11.7 Å². The maximum Gasteiger partial charge on any atom is 0.258 e. The zero-order chi connectivity index (χ0) is 21.0. The van der Waals surface area contributed by atoms with Crippen LogP contribution in [0.15, 0.2) is 53.1 Å². The molecule has 0 N–H and O–H groups in total. The highest BCUT2D eigenvalue weighted by Crippen LogP contribution is 2.23. The van der Waals surface area contributed by atoms with Gasteiger partial charge in [0.2, 0.25) is 5.82 Å². The number of aromatic nitrogens is 2. The molecule has 0 aliphatic heterocycles. The third-order valence-corrected chi connectivity index (χ3v) is 5.73. The van der Waals surface area contributed by atoms with Gasteiger partial charge in [-0.15, -0.1) is 0 Å². The Morgan fingerprint density at radius 2 is 1.10 bits per heavy atom. The fraction of sp³-hybridized carbons (Fsp3) is 0.481. The van der Waals surface area contributed by atoms with Crippen LogP contribution in [0.5, 0.6) is 0 Å². The first kappa shape index (κ1) is 22.3. The van der Waals surface area contributed by atoms with Crippen LogP contribution in [0.3, 0.4) is 0 Å². The van der Waals surface area contributed by atoms with Crippen LogP contribution in [0.1, 0.15) is 82.8 Å². The van der Waals surface area contributed by atoms with Crippen molar-refractivity contribution in [1.82, 2.24) is 10.1 Å². The van der Waals surface area contributed by atoms with Crippen LogP contribution >= 0.6 is 0 Å². The maximum atomic E-state index is 5.53. The zero-order valence-corrected chi connectivity index (χ0v) is 18.7. The van der Waals surface area contributed by atoms with E-state index in [2.05, 4.69) is 72.5 Å².